The van der Waals surface area contributed by atoms with Crippen LogP contribution in [-0.4, -0.2) is 50.8 Å². The largest absolute Gasteiger partial charge is 0.461 e. The minimum atomic E-state index is -2.23. The third kappa shape index (κ3) is 11.5. The third-order valence-electron chi connectivity index (χ3n) is 5.17. The van der Waals surface area contributed by atoms with Gasteiger partial charge in [-0.05, 0) is 38.1 Å². The number of aliphatic hydroxyl groups excluding tert-OH is 1. The van der Waals surface area contributed by atoms with Gasteiger partial charge in [0.25, 0.3) is 0 Å². The number of carbonyl (C=O) groups is 2. The lowest BCUT2D eigenvalue weighted by Gasteiger charge is -2.40. The SMILES string of the molecule is C=C(C#CC=C(C)C)[C@H](C[C@H](OC(C)=O)/C(=C/CO)COC(C)=O)O[Si](C)(C)C(C)(C)C. The molecule has 0 aromatic rings. The minimum Gasteiger partial charge on any atom is -0.461 e. The van der Waals surface area contributed by atoms with Crippen LogP contribution in [0.25, 0.3) is 0 Å². The Hall–Kier alpha value is -2.14. The quantitative estimate of drug-likeness (QED) is 0.218. The minimum absolute atomic E-state index is 0.0582. The standard InChI is InChI=1S/C25H40O6Si/c1-18(2)12-11-13-19(3)23(31-32(9,10)25(6,7)8)16-24(30-21(5)28)22(14-15-26)17-29-20(4)27/h12,14,23-24,26H,3,15-17H2,1-2,4-10H3/b22-14+/t23-,24-/m0/s1. The fourth-order valence-electron chi connectivity index (χ4n) is 2.40. The van der Waals surface area contributed by atoms with Crippen LogP contribution in [0, 0.1) is 11.8 Å². The number of aliphatic hydroxyl groups is 1. The van der Waals surface area contributed by atoms with Crippen LogP contribution < -0.4 is 0 Å². The first kappa shape index (κ1) is 29.9. The molecule has 1 N–H and O–H groups in total. The van der Waals surface area contributed by atoms with Crippen LogP contribution in [0.5, 0.6) is 0 Å². The Labute approximate surface area is 194 Å². The first-order valence-corrected chi connectivity index (χ1v) is 13.6. The van der Waals surface area contributed by atoms with Gasteiger partial charge in [-0.2, -0.15) is 0 Å². The molecule has 0 bridgehead atoms. The molecule has 0 aromatic heterocycles. The highest BCUT2D eigenvalue weighted by atomic mass is 28.4. The highest BCUT2D eigenvalue weighted by Gasteiger charge is 2.40. The highest BCUT2D eigenvalue weighted by molar-refractivity contribution is 6.74. The molecule has 2 atom stereocenters. The van der Waals surface area contributed by atoms with Crippen LogP contribution in [0.3, 0.4) is 0 Å². The monoisotopic (exact) mass is 464 g/mol. The van der Waals surface area contributed by atoms with E-state index in [9.17, 15) is 14.7 Å². The van der Waals surface area contributed by atoms with Crippen LogP contribution >= 0.6 is 0 Å². The summed E-state index contributed by atoms with van der Waals surface area (Å²) in [6, 6.07) is 0. The van der Waals surface area contributed by atoms with E-state index in [4.69, 9.17) is 13.9 Å². The van der Waals surface area contributed by atoms with Crippen molar-refractivity contribution < 1.29 is 28.6 Å². The molecule has 0 aliphatic carbocycles. The summed E-state index contributed by atoms with van der Waals surface area (Å²) in [5.74, 6) is 5.08. The molecule has 32 heavy (non-hydrogen) atoms. The highest BCUT2D eigenvalue weighted by Crippen LogP contribution is 2.38. The maximum atomic E-state index is 11.8. The van der Waals surface area contributed by atoms with Gasteiger partial charge in [0.1, 0.15) is 12.7 Å². The van der Waals surface area contributed by atoms with Gasteiger partial charge in [0.2, 0.25) is 0 Å². The number of ether oxygens (including phenoxy) is 2. The number of esters is 2. The fraction of sp³-hybridized carbons (Fsp3) is 0.600. The number of hydrogen-bond donors (Lipinski definition) is 1. The molecule has 0 fully saturated rings. The second-order valence-electron chi connectivity index (χ2n) is 9.46. The average Bonchev–Trinajstić information content (AvgIpc) is 2.61. The third-order valence-corrected chi connectivity index (χ3v) is 9.66. The van der Waals surface area contributed by atoms with Crippen molar-refractivity contribution >= 4 is 20.3 Å². The van der Waals surface area contributed by atoms with Crippen molar-refractivity contribution in [3.05, 3.63) is 35.5 Å². The average molecular weight is 465 g/mol. The van der Waals surface area contributed by atoms with Crippen molar-refractivity contribution in [2.24, 2.45) is 0 Å². The van der Waals surface area contributed by atoms with Crippen molar-refractivity contribution in [1.82, 2.24) is 0 Å². The fourth-order valence-corrected chi connectivity index (χ4v) is 3.71. The van der Waals surface area contributed by atoms with Crippen LogP contribution in [0.2, 0.25) is 18.1 Å². The van der Waals surface area contributed by atoms with E-state index in [1.165, 1.54) is 19.9 Å². The molecule has 0 rings (SSSR count). The van der Waals surface area contributed by atoms with Gasteiger partial charge in [0.15, 0.2) is 8.32 Å². The van der Waals surface area contributed by atoms with Gasteiger partial charge in [0.05, 0.1) is 12.7 Å². The van der Waals surface area contributed by atoms with E-state index in [1.807, 2.05) is 13.8 Å². The number of allylic oxidation sites excluding steroid dienone is 2. The maximum Gasteiger partial charge on any atom is 0.303 e. The Kier molecular flexibility index (Phi) is 12.5. The predicted molar refractivity (Wildman–Crippen MR) is 130 cm³/mol. The van der Waals surface area contributed by atoms with E-state index in [-0.39, 0.29) is 24.7 Å². The summed E-state index contributed by atoms with van der Waals surface area (Å²) in [5.41, 5.74) is 2.12. The molecule has 0 spiro atoms. The molecule has 0 aliphatic rings. The van der Waals surface area contributed by atoms with Gasteiger partial charge in [-0.3, -0.25) is 9.59 Å². The first-order valence-electron chi connectivity index (χ1n) is 10.7. The summed E-state index contributed by atoms with van der Waals surface area (Å²) in [6.07, 6.45) is 2.24. The van der Waals surface area contributed by atoms with E-state index in [0.29, 0.717) is 11.1 Å². The van der Waals surface area contributed by atoms with Gasteiger partial charge >= 0.3 is 11.9 Å². The van der Waals surface area contributed by atoms with Gasteiger partial charge in [-0.25, -0.2) is 0 Å². The zero-order valence-electron chi connectivity index (χ0n) is 21.1. The van der Waals surface area contributed by atoms with E-state index in [2.05, 4.69) is 52.3 Å². The van der Waals surface area contributed by atoms with Crippen molar-refractivity contribution in [1.29, 1.82) is 0 Å². The van der Waals surface area contributed by atoms with E-state index < -0.39 is 32.5 Å². The lowest BCUT2D eigenvalue weighted by Crippen LogP contribution is -2.45. The Balaban J connectivity index is 6.16. The van der Waals surface area contributed by atoms with Gasteiger partial charge < -0.3 is 19.0 Å². The molecule has 0 saturated heterocycles. The summed E-state index contributed by atoms with van der Waals surface area (Å²) in [4.78, 5) is 23.2. The molecule has 7 heteroatoms. The summed E-state index contributed by atoms with van der Waals surface area (Å²) in [7, 11) is -2.23. The van der Waals surface area contributed by atoms with Crippen LogP contribution in [0.15, 0.2) is 35.5 Å². The second kappa shape index (κ2) is 13.4. The van der Waals surface area contributed by atoms with Crippen molar-refractivity contribution in [3.63, 3.8) is 0 Å². The Morgan fingerprint density at radius 3 is 2.12 bits per heavy atom. The lowest BCUT2D eigenvalue weighted by molar-refractivity contribution is -0.146. The number of carbonyl (C=O) groups excluding carboxylic acids is 2. The number of rotatable bonds is 10. The first-order chi connectivity index (χ1) is 14.6. The van der Waals surface area contributed by atoms with E-state index in [0.717, 1.165) is 5.57 Å². The van der Waals surface area contributed by atoms with Crippen molar-refractivity contribution in [3.8, 4) is 11.8 Å². The summed E-state index contributed by atoms with van der Waals surface area (Å²) in [5, 5.41) is 9.40. The van der Waals surface area contributed by atoms with E-state index in [1.54, 1.807) is 6.08 Å². The summed E-state index contributed by atoms with van der Waals surface area (Å²) in [6.45, 7) is 20.9. The van der Waals surface area contributed by atoms with Gasteiger partial charge in [-0.1, -0.05) is 50.8 Å². The zero-order chi connectivity index (χ0) is 25.1. The number of hydrogen-bond acceptors (Lipinski definition) is 6. The van der Waals surface area contributed by atoms with E-state index >= 15 is 0 Å². The van der Waals surface area contributed by atoms with Crippen LogP contribution in [0.4, 0.5) is 0 Å². The smallest absolute Gasteiger partial charge is 0.303 e. The molecule has 0 radical (unpaired) electrons. The van der Waals surface area contributed by atoms with Crippen LogP contribution in [0.1, 0.15) is 54.9 Å². The topological polar surface area (TPSA) is 82.1 Å². The molecule has 0 unspecified atom stereocenters. The van der Waals surface area contributed by atoms with Gasteiger partial charge in [0, 0.05) is 31.4 Å². The Morgan fingerprint density at radius 1 is 1.09 bits per heavy atom. The molecule has 0 saturated carbocycles. The molecule has 0 aromatic carbocycles. The summed E-state index contributed by atoms with van der Waals surface area (Å²) < 4.78 is 17.3. The van der Waals surface area contributed by atoms with Gasteiger partial charge in [-0.15, -0.1) is 0 Å². The molecular formula is C25H40O6Si. The molecule has 180 valence electrons. The molecule has 0 aliphatic heterocycles. The summed E-state index contributed by atoms with van der Waals surface area (Å²) >= 11 is 0. The Morgan fingerprint density at radius 2 is 1.69 bits per heavy atom. The molecular weight excluding hydrogens is 424 g/mol. The second-order valence-corrected chi connectivity index (χ2v) is 14.2. The molecule has 0 heterocycles. The zero-order valence-corrected chi connectivity index (χ0v) is 22.1. The Bertz CT molecular complexity index is 785. The van der Waals surface area contributed by atoms with Crippen molar-refractivity contribution in [2.45, 2.75) is 85.2 Å². The van der Waals surface area contributed by atoms with Crippen molar-refractivity contribution in [2.75, 3.05) is 13.2 Å². The molecule has 0 amide bonds. The lowest BCUT2D eigenvalue weighted by atomic mass is 9.99. The molecule has 6 nitrogen and oxygen atoms in total. The predicted octanol–water partition coefficient (Wildman–Crippen LogP) is 4.71. The maximum absolute atomic E-state index is 11.8. The van der Waals surface area contributed by atoms with Crippen LogP contribution in [-0.2, 0) is 23.5 Å². The normalized spacial score (nSPS) is 13.9.